The molecule has 0 aliphatic rings. The standard InChI is InChI=1S/C26H23ClF3NO5/c1-35-22-10-7-16(12-23(25(33)34)36-15-26(28,29)30)11-19(22)14-31-24(32)20-9-8-18(13-21(20)27)17-5-3-2-4-6-17/h2-11,13,23H,12,14-15H2,1H3,(H,31,32)(H,33,34). The Hall–Kier alpha value is -3.56. The zero-order valence-electron chi connectivity index (χ0n) is 19.1. The SMILES string of the molecule is COc1ccc(CC(OCC(F)(F)F)C(=O)O)cc1CNC(=O)c1ccc(-c2ccccc2)cc1Cl. The van der Waals surface area contributed by atoms with E-state index < -0.39 is 30.8 Å². The molecular weight excluding hydrogens is 499 g/mol. The molecule has 0 saturated carbocycles. The van der Waals surface area contributed by atoms with Gasteiger partial charge in [0, 0.05) is 18.5 Å². The van der Waals surface area contributed by atoms with Crippen LogP contribution in [-0.2, 0) is 22.5 Å². The van der Waals surface area contributed by atoms with Crippen LogP contribution in [-0.4, -0.2) is 43.0 Å². The number of carboxylic acids is 1. The Balaban J connectivity index is 1.71. The second kappa shape index (κ2) is 11.9. The fraction of sp³-hybridized carbons (Fsp3) is 0.231. The van der Waals surface area contributed by atoms with Crippen molar-refractivity contribution in [3.05, 3.63) is 88.4 Å². The van der Waals surface area contributed by atoms with Crippen molar-refractivity contribution in [1.29, 1.82) is 0 Å². The smallest absolute Gasteiger partial charge is 0.411 e. The average Bonchev–Trinajstić information content (AvgIpc) is 2.84. The Morgan fingerprint density at radius 3 is 2.36 bits per heavy atom. The van der Waals surface area contributed by atoms with Crippen LogP contribution >= 0.6 is 11.6 Å². The molecule has 6 nitrogen and oxygen atoms in total. The highest BCUT2D eigenvalue weighted by Crippen LogP contribution is 2.26. The lowest BCUT2D eigenvalue weighted by Crippen LogP contribution is -2.31. The maximum Gasteiger partial charge on any atom is 0.411 e. The fourth-order valence-corrected chi connectivity index (χ4v) is 3.77. The minimum atomic E-state index is -4.65. The molecular formula is C26H23ClF3NO5. The predicted molar refractivity (Wildman–Crippen MR) is 128 cm³/mol. The second-order valence-electron chi connectivity index (χ2n) is 7.85. The number of halogens is 4. The van der Waals surface area contributed by atoms with Crippen molar-refractivity contribution in [1.82, 2.24) is 5.32 Å². The van der Waals surface area contributed by atoms with Crippen LogP contribution in [0.25, 0.3) is 11.1 Å². The van der Waals surface area contributed by atoms with Crippen molar-refractivity contribution in [3.63, 3.8) is 0 Å². The minimum Gasteiger partial charge on any atom is -0.496 e. The molecule has 10 heteroatoms. The number of carbonyl (C=O) groups is 2. The normalized spacial score (nSPS) is 12.1. The van der Waals surface area contributed by atoms with E-state index in [4.69, 9.17) is 16.3 Å². The summed E-state index contributed by atoms with van der Waals surface area (Å²) >= 11 is 6.35. The topological polar surface area (TPSA) is 84.9 Å². The van der Waals surface area contributed by atoms with Gasteiger partial charge in [0.2, 0.25) is 0 Å². The minimum absolute atomic E-state index is 0.00770. The van der Waals surface area contributed by atoms with E-state index >= 15 is 0 Å². The van der Waals surface area contributed by atoms with E-state index in [-0.39, 0.29) is 23.6 Å². The molecule has 0 aliphatic carbocycles. The molecule has 1 unspecified atom stereocenters. The molecule has 2 N–H and O–H groups in total. The van der Waals surface area contributed by atoms with Gasteiger partial charge in [-0.3, -0.25) is 4.79 Å². The molecule has 0 aromatic heterocycles. The van der Waals surface area contributed by atoms with E-state index in [0.29, 0.717) is 16.9 Å². The zero-order valence-corrected chi connectivity index (χ0v) is 19.9. The lowest BCUT2D eigenvalue weighted by atomic mass is 10.0. The Morgan fingerprint density at radius 2 is 1.75 bits per heavy atom. The van der Waals surface area contributed by atoms with Gasteiger partial charge in [-0.25, -0.2) is 4.79 Å². The number of amides is 1. The Bertz CT molecular complexity index is 1220. The molecule has 0 bridgehead atoms. The van der Waals surface area contributed by atoms with Crippen LogP contribution in [0.15, 0.2) is 66.7 Å². The maximum atomic E-state index is 12.8. The van der Waals surface area contributed by atoms with Crippen LogP contribution in [0.2, 0.25) is 5.02 Å². The number of aliphatic carboxylic acids is 1. The van der Waals surface area contributed by atoms with E-state index in [1.54, 1.807) is 30.3 Å². The van der Waals surface area contributed by atoms with Gasteiger partial charge in [0.1, 0.15) is 12.4 Å². The van der Waals surface area contributed by atoms with E-state index in [1.807, 2.05) is 30.3 Å². The van der Waals surface area contributed by atoms with Gasteiger partial charge in [0.15, 0.2) is 6.10 Å². The summed E-state index contributed by atoms with van der Waals surface area (Å²) in [6.45, 7) is -1.67. The summed E-state index contributed by atoms with van der Waals surface area (Å²) in [6.07, 6.45) is -6.64. The third kappa shape index (κ3) is 7.47. The molecule has 36 heavy (non-hydrogen) atoms. The maximum absolute atomic E-state index is 12.8. The first-order valence-corrected chi connectivity index (χ1v) is 11.2. The molecule has 0 saturated heterocycles. The number of carbonyl (C=O) groups excluding carboxylic acids is 1. The summed E-state index contributed by atoms with van der Waals surface area (Å²) in [5, 5.41) is 12.2. The first-order valence-electron chi connectivity index (χ1n) is 10.8. The van der Waals surface area contributed by atoms with Gasteiger partial charge in [-0.1, -0.05) is 60.1 Å². The monoisotopic (exact) mass is 521 g/mol. The zero-order chi connectivity index (χ0) is 26.3. The summed E-state index contributed by atoms with van der Waals surface area (Å²) in [5.74, 6) is -1.55. The van der Waals surface area contributed by atoms with Gasteiger partial charge in [-0.15, -0.1) is 0 Å². The largest absolute Gasteiger partial charge is 0.496 e. The van der Waals surface area contributed by atoms with E-state index in [1.165, 1.54) is 13.2 Å². The van der Waals surface area contributed by atoms with Crippen LogP contribution in [0.4, 0.5) is 13.2 Å². The summed E-state index contributed by atoms with van der Waals surface area (Å²) in [5.41, 5.74) is 2.97. The van der Waals surface area contributed by atoms with Crippen molar-refractivity contribution in [2.45, 2.75) is 25.2 Å². The highest BCUT2D eigenvalue weighted by atomic mass is 35.5. The summed E-state index contributed by atoms with van der Waals surface area (Å²) in [7, 11) is 1.42. The summed E-state index contributed by atoms with van der Waals surface area (Å²) < 4.78 is 47.2. The number of benzene rings is 3. The van der Waals surface area contributed by atoms with Gasteiger partial charge in [0.25, 0.3) is 5.91 Å². The molecule has 0 radical (unpaired) electrons. The Labute approximate surface area is 210 Å². The number of nitrogens with one attached hydrogen (secondary N) is 1. The van der Waals surface area contributed by atoms with Crippen LogP contribution < -0.4 is 10.1 Å². The van der Waals surface area contributed by atoms with Crippen LogP contribution in [0.3, 0.4) is 0 Å². The summed E-state index contributed by atoms with van der Waals surface area (Å²) in [4.78, 5) is 24.1. The average molecular weight is 522 g/mol. The highest BCUT2D eigenvalue weighted by molar-refractivity contribution is 6.34. The third-order valence-electron chi connectivity index (χ3n) is 5.25. The van der Waals surface area contributed by atoms with Gasteiger partial charge >= 0.3 is 12.1 Å². The molecule has 0 fully saturated rings. The van der Waals surface area contributed by atoms with Crippen molar-refractivity contribution < 1.29 is 37.3 Å². The quantitative estimate of drug-likeness (QED) is 0.367. The number of carboxylic acid groups (broad SMARTS) is 1. The van der Waals surface area contributed by atoms with Crippen LogP contribution in [0.5, 0.6) is 5.75 Å². The van der Waals surface area contributed by atoms with Crippen molar-refractivity contribution in [2.75, 3.05) is 13.7 Å². The third-order valence-corrected chi connectivity index (χ3v) is 5.56. The molecule has 0 heterocycles. The molecule has 0 spiro atoms. The lowest BCUT2D eigenvalue weighted by Gasteiger charge is -2.17. The Morgan fingerprint density at radius 1 is 1.03 bits per heavy atom. The number of hydrogen-bond donors (Lipinski definition) is 2. The Kier molecular flexibility index (Phi) is 8.95. The molecule has 3 rings (SSSR count). The molecule has 1 amide bonds. The van der Waals surface area contributed by atoms with Gasteiger partial charge in [0.05, 0.1) is 17.7 Å². The molecule has 1 atom stereocenters. The van der Waals surface area contributed by atoms with Crippen LogP contribution in [0.1, 0.15) is 21.5 Å². The van der Waals surface area contributed by atoms with Gasteiger partial charge in [-0.05, 0) is 34.9 Å². The highest BCUT2D eigenvalue weighted by Gasteiger charge is 2.31. The van der Waals surface area contributed by atoms with E-state index in [0.717, 1.165) is 11.1 Å². The first-order chi connectivity index (χ1) is 17.1. The molecule has 3 aromatic rings. The molecule has 0 aliphatic heterocycles. The number of methoxy groups -OCH3 is 1. The van der Waals surface area contributed by atoms with E-state index in [2.05, 4.69) is 10.1 Å². The summed E-state index contributed by atoms with van der Waals surface area (Å²) in [6, 6.07) is 19.2. The van der Waals surface area contributed by atoms with Crippen LogP contribution in [0, 0.1) is 0 Å². The lowest BCUT2D eigenvalue weighted by molar-refractivity contribution is -0.192. The number of hydrogen-bond acceptors (Lipinski definition) is 4. The van der Waals surface area contributed by atoms with Gasteiger partial charge < -0.3 is 19.9 Å². The molecule has 190 valence electrons. The fourth-order valence-electron chi connectivity index (χ4n) is 3.50. The number of ether oxygens (including phenoxy) is 2. The van der Waals surface area contributed by atoms with Crippen molar-refractivity contribution >= 4 is 23.5 Å². The van der Waals surface area contributed by atoms with Gasteiger partial charge in [-0.2, -0.15) is 13.2 Å². The second-order valence-corrected chi connectivity index (χ2v) is 8.25. The predicted octanol–water partition coefficient (Wildman–Crippen LogP) is 5.52. The number of alkyl halides is 3. The van der Waals surface area contributed by atoms with E-state index in [9.17, 15) is 27.9 Å². The number of rotatable bonds is 10. The first kappa shape index (κ1) is 27.0. The van der Waals surface area contributed by atoms with Crippen molar-refractivity contribution in [2.24, 2.45) is 0 Å². The van der Waals surface area contributed by atoms with Crippen molar-refractivity contribution in [3.8, 4) is 16.9 Å². The molecule has 3 aromatic carbocycles.